The lowest BCUT2D eigenvalue weighted by molar-refractivity contribution is -0.147. The van der Waals surface area contributed by atoms with Crippen LogP contribution in [0.1, 0.15) is 83.5 Å². The zero-order valence-corrected chi connectivity index (χ0v) is 22.3. The fraction of sp³-hybridized carbons (Fsp3) is 0.467. The summed E-state index contributed by atoms with van der Waals surface area (Å²) in [4.78, 5) is 58.4. The first kappa shape index (κ1) is 21.7. The number of benzene rings is 1. The van der Waals surface area contributed by atoms with E-state index < -0.39 is 30.1 Å². The molecule has 1 saturated carbocycles. The summed E-state index contributed by atoms with van der Waals surface area (Å²) in [6.07, 6.45) is 6.75. The number of nitrogens with one attached hydrogen (secondary N) is 1. The van der Waals surface area contributed by atoms with E-state index in [9.17, 15) is 19.2 Å². The number of rotatable bonds is 5. The summed E-state index contributed by atoms with van der Waals surface area (Å²) in [6, 6.07) is 2.91. The minimum absolute atomic E-state index is 0.0432. The molecule has 206 valence electrons. The van der Waals surface area contributed by atoms with E-state index in [0.29, 0.717) is 29.4 Å². The van der Waals surface area contributed by atoms with Gasteiger partial charge in [0.15, 0.2) is 0 Å². The van der Waals surface area contributed by atoms with Crippen molar-refractivity contribution < 1.29 is 23.3 Å². The lowest BCUT2D eigenvalue weighted by atomic mass is 9.69. The molecule has 4 amide bonds. The molecule has 7 rings (SSSR count). The molecule has 1 atom stereocenters. The van der Waals surface area contributed by atoms with Crippen molar-refractivity contribution in [2.75, 3.05) is 18.0 Å². The highest BCUT2D eigenvalue weighted by Crippen LogP contribution is 2.43. The average Bonchev–Trinajstić information content (AvgIpc) is 3.59. The summed E-state index contributed by atoms with van der Waals surface area (Å²) < 4.78 is 28.9. The van der Waals surface area contributed by atoms with Crippen LogP contribution in [0.5, 0.6) is 0 Å². The minimum Gasteiger partial charge on any atom is -0.342 e. The van der Waals surface area contributed by atoms with E-state index in [-0.39, 0.29) is 47.2 Å². The average molecular weight is 544 g/mol. The number of carbonyl (C=O) groups excluding carboxylic acids is 4. The molecule has 4 aliphatic rings. The summed E-state index contributed by atoms with van der Waals surface area (Å²) in [6.45, 7) is 3.34. The fourth-order valence-corrected chi connectivity index (χ4v) is 6.41. The van der Waals surface area contributed by atoms with Gasteiger partial charge < -0.3 is 4.90 Å². The van der Waals surface area contributed by atoms with Crippen LogP contribution in [0.15, 0.2) is 36.8 Å². The molecular weight excluding hydrogens is 508 g/mol. The predicted molar refractivity (Wildman–Crippen MR) is 147 cm³/mol. The second kappa shape index (κ2) is 9.25. The number of hydrogen-bond donors (Lipinski definition) is 1. The Labute approximate surface area is 235 Å². The van der Waals surface area contributed by atoms with E-state index in [4.69, 9.17) is 4.11 Å². The third-order valence-corrected chi connectivity index (χ3v) is 8.89. The Bertz CT molecular complexity index is 1710. The van der Waals surface area contributed by atoms with Crippen LogP contribution in [-0.2, 0) is 20.8 Å². The van der Waals surface area contributed by atoms with Gasteiger partial charge in [0.25, 0.3) is 5.91 Å². The molecular formula is C30H32N6O4. The van der Waals surface area contributed by atoms with Crippen LogP contribution in [0, 0.1) is 5.41 Å². The fourth-order valence-electron chi connectivity index (χ4n) is 6.41. The Kier molecular flexibility index (Phi) is 5.02. The van der Waals surface area contributed by atoms with Gasteiger partial charge in [0.1, 0.15) is 11.8 Å². The van der Waals surface area contributed by atoms with Gasteiger partial charge in [-0.15, -0.1) is 0 Å². The van der Waals surface area contributed by atoms with Crippen molar-refractivity contribution in [1.82, 2.24) is 25.0 Å². The molecule has 2 saturated heterocycles. The van der Waals surface area contributed by atoms with Gasteiger partial charge in [-0.3, -0.25) is 34.1 Å². The summed E-state index contributed by atoms with van der Waals surface area (Å²) in [5.41, 5.74) is 0.569. The van der Waals surface area contributed by atoms with Gasteiger partial charge in [0.05, 0.1) is 19.2 Å². The molecule has 3 aliphatic heterocycles. The largest absolute Gasteiger partial charge is 0.342 e. The molecule has 3 aromatic rings. The molecule has 1 N–H and O–H groups in total. The van der Waals surface area contributed by atoms with E-state index in [1.54, 1.807) is 29.1 Å². The summed E-state index contributed by atoms with van der Waals surface area (Å²) >= 11 is 0. The third-order valence-electron chi connectivity index (χ3n) is 8.89. The molecule has 0 radical (unpaired) electrons. The highest BCUT2D eigenvalue weighted by molar-refractivity contribution is 6.26. The number of carbonyl (C=O) groups is 4. The highest BCUT2D eigenvalue weighted by Gasteiger charge is 2.43. The van der Waals surface area contributed by atoms with Crippen molar-refractivity contribution in [3.8, 4) is 0 Å². The van der Waals surface area contributed by atoms with Crippen molar-refractivity contribution in [3.63, 3.8) is 0 Å². The zero-order chi connectivity index (χ0) is 30.3. The van der Waals surface area contributed by atoms with Gasteiger partial charge in [-0.05, 0) is 54.7 Å². The zero-order valence-electron chi connectivity index (χ0n) is 25.3. The molecule has 1 aromatic carbocycles. The van der Waals surface area contributed by atoms with Crippen LogP contribution in [0.25, 0.3) is 10.8 Å². The van der Waals surface area contributed by atoms with Crippen molar-refractivity contribution >= 4 is 40.2 Å². The summed E-state index contributed by atoms with van der Waals surface area (Å²) in [7, 11) is 0. The van der Waals surface area contributed by atoms with E-state index in [0.717, 1.165) is 37.0 Å². The van der Waals surface area contributed by atoms with Crippen molar-refractivity contribution in [3.05, 3.63) is 53.5 Å². The van der Waals surface area contributed by atoms with Gasteiger partial charge in [-0.25, -0.2) is 4.98 Å². The van der Waals surface area contributed by atoms with Gasteiger partial charge in [0, 0.05) is 51.8 Å². The molecule has 10 heteroatoms. The number of aromatic nitrogens is 3. The molecule has 0 spiro atoms. The number of nitrogens with zero attached hydrogens (tertiary/aromatic N) is 5. The third kappa shape index (κ3) is 3.91. The Morgan fingerprint density at radius 1 is 1.18 bits per heavy atom. The monoisotopic (exact) mass is 543 g/mol. The summed E-state index contributed by atoms with van der Waals surface area (Å²) in [5.74, 6) is -1.64. The van der Waals surface area contributed by atoms with Crippen LogP contribution in [-0.4, -0.2) is 62.4 Å². The first-order chi connectivity index (χ1) is 20.4. The first-order valence-electron chi connectivity index (χ1n) is 15.4. The molecule has 10 nitrogen and oxygen atoms in total. The minimum atomic E-state index is -2.05. The quantitative estimate of drug-likeness (QED) is 0.494. The molecule has 1 aliphatic carbocycles. The number of pyridine rings is 1. The predicted octanol–water partition coefficient (Wildman–Crippen LogP) is 3.14. The van der Waals surface area contributed by atoms with E-state index >= 15 is 0 Å². The lowest BCUT2D eigenvalue weighted by Gasteiger charge is -2.43. The van der Waals surface area contributed by atoms with Crippen molar-refractivity contribution in [1.29, 1.82) is 0 Å². The molecule has 2 aromatic heterocycles. The topological polar surface area (TPSA) is 118 Å². The smallest absolute Gasteiger partial charge is 0.260 e. The Balaban J connectivity index is 1.17. The van der Waals surface area contributed by atoms with Crippen LogP contribution < -0.4 is 10.2 Å². The van der Waals surface area contributed by atoms with Crippen LogP contribution in [0.3, 0.4) is 0 Å². The maximum absolute atomic E-state index is 13.5. The maximum atomic E-state index is 13.5. The van der Waals surface area contributed by atoms with E-state index in [1.807, 2.05) is 4.90 Å². The number of likely N-dealkylation sites (tertiary alicyclic amines) is 1. The highest BCUT2D eigenvalue weighted by atomic mass is 16.2. The second-order valence-electron chi connectivity index (χ2n) is 11.5. The van der Waals surface area contributed by atoms with E-state index in [1.165, 1.54) is 12.4 Å². The first-order valence-corrected chi connectivity index (χ1v) is 13.9. The van der Waals surface area contributed by atoms with Crippen LogP contribution in [0.2, 0.25) is 0 Å². The van der Waals surface area contributed by atoms with Gasteiger partial charge in [0.2, 0.25) is 17.7 Å². The normalized spacial score (nSPS) is 25.8. The Hall–Kier alpha value is -4.08. The second-order valence-corrected chi connectivity index (χ2v) is 11.5. The van der Waals surface area contributed by atoms with Crippen molar-refractivity contribution in [2.24, 2.45) is 5.41 Å². The molecule has 5 heterocycles. The van der Waals surface area contributed by atoms with Gasteiger partial charge in [-0.1, -0.05) is 25.5 Å². The van der Waals surface area contributed by atoms with E-state index in [2.05, 4.69) is 22.3 Å². The maximum Gasteiger partial charge on any atom is 0.260 e. The molecule has 40 heavy (non-hydrogen) atoms. The number of piperidine rings is 2. The van der Waals surface area contributed by atoms with Crippen molar-refractivity contribution in [2.45, 2.75) is 70.3 Å². The van der Waals surface area contributed by atoms with Crippen LogP contribution in [0.4, 0.5) is 5.82 Å². The Morgan fingerprint density at radius 3 is 2.70 bits per heavy atom. The number of amides is 4. The number of hydrogen-bond acceptors (Lipinski definition) is 6. The lowest BCUT2D eigenvalue weighted by Crippen LogP contribution is -2.53. The molecule has 3 fully saturated rings. The summed E-state index contributed by atoms with van der Waals surface area (Å²) in [5, 5.41) is 7.48. The van der Waals surface area contributed by atoms with Gasteiger partial charge in [-0.2, -0.15) is 5.10 Å². The van der Waals surface area contributed by atoms with Gasteiger partial charge >= 0.3 is 0 Å². The SMILES string of the molecule is [2H]C([2H])(c1cnn(C2CCN(C(=O)C3(C)CCC3)CC2)c1)c1cnc2c3c(cccc13)C(=O)N2C1([2H])CCC(=O)NC1=O. The molecule has 0 bridgehead atoms. The number of imide groups is 1. The standard InChI is InChI=1S/C30H32N6O4/c1-30(10-3-11-30)29(40)34-12-8-20(9-13-34)35-17-18(15-32-35)14-19-16-31-26-25-21(19)4-2-5-22(25)28(39)36(26)23-6-7-24(37)33-27(23)38/h2,4-5,15-17,20,23H,3,6-14H2,1H3,(H,33,37,38)/i14D2,23D. The molecule has 1 unspecified atom stereocenters. The number of anilines is 1. The van der Waals surface area contributed by atoms with Crippen LogP contribution >= 0.6 is 0 Å². The Morgan fingerprint density at radius 2 is 1.98 bits per heavy atom.